The van der Waals surface area contributed by atoms with Crippen molar-refractivity contribution in [1.82, 2.24) is 0 Å². The zero-order valence-corrected chi connectivity index (χ0v) is 54.1. The molecular weight excluding hydrogens is 997 g/mol. The van der Waals surface area contributed by atoms with Crippen molar-refractivity contribution < 1.29 is 28.6 Å². The van der Waals surface area contributed by atoms with Gasteiger partial charge in [-0.1, -0.05) is 312 Å². The summed E-state index contributed by atoms with van der Waals surface area (Å²) in [7, 11) is 0. The zero-order chi connectivity index (χ0) is 58.5. The summed E-state index contributed by atoms with van der Waals surface area (Å²) in [6.45, 7) is 6.61. The molecule has 0 fully saturated rings. The highest BCUT2D eigenvalue weighted by Gasteiger charge is 2.19. The normalized spacial score (nSPS) is 12.5. The van der Waals surface area contributed by atoms with E-state index in [1.54, 1.807) is 0 Å². The Balaban J connectivity index is 4.17. The van der Waals surface area contributed by atoms with Crippen LogP contribution in [0.1, 0.15) is 367 Å². The van der Waals surface area contributed by atoms with Crippen LogP contribution in [0.5, 0.6) is 0 Å². The lowest BCUT2D eigenvalue weighted by atomic mass is 10.0. The molecule has 470 valence electrons. The molecular formula is C75H134O6. The largest absolute Gasteiger partial charge is 0.462 e. The van der Waals surface area contributed by atoms with Crippen LogP contribution < -0.4 is 0 Å². The maximum Gasteiger partial charge on any atom is 0.306 e. The first-order valence-corrected chi connectivity index (χ1v) is 35.4. The summed E-state index contributed by atoms with van der Waals surface area (Å²) in [6.07, 6.45) is 90.8. The van der Waals surface area contributed by atoms with Gasteiger partial charge in [0.05, 0.1) is 0 Å². The van der Waals surface area contributed by atoms with Crippen LogP contribution in [-0.2, 0) is 28.6 Å². The third-order valence-electron chi connectivity index (χ3n) is 15.7. The second-order valence-electron chi connectivity index (χ2n) is 23.8. The second kappa shape index (κ2) is 69.3. The van der Waals surface area contributed by atoms with Gasteiger partial charge in [-0.15, -0.1) is 0 Å². The molecule has 0 aliphatic heterocycles. The molecule has 0 heterocycles. The predicted molar refractivity (Wildman–Crippen MR) is 353 cm³/mol. The Kier molecular flexibility index (Phi) is 66.6. The number of rotatable bonds is 65. The maximum absolute atomic E-state index is 12.9. The van der Waals surface area contributed by atoms with E-state index in [9.17, 15) is 14.4 Å². The molecule has 0 N–H and O–H groups in total. The van der Waals surface area contributed by atoms with Crippen LogP contribution in [0.15, 0.2) is 72.9 Å². The van der Waals surface area contributed by atoms with Crippen molar-refractivity contribution in [1.29, 1.82) is 0 Å². The first-order chi connectivity index (χ1) is 40.0. The summed E-state index contributed by atoms with van der Waals surface area (Å²) in [5, 5.41) is 0. The van der Waals surface area contributed by atoms with Gasteiger partial charge < -0.3 is 14.2 Å². The molecule has 0 amide bonds. The number of ether oxygens (including phenoxy) is 3. The van der Waals surface area contributed by atoms with E-state index in [-0.39, 0.29) is 31.1 Å². The minimum Gasteiger partial charge on any atom is -0.462 e. The SMILES string of the molecule is CCCC/C=C\CCCCCCCC(=O)OCC(COC(=O)CCCCCCCCCCCCCCCCCC/C=C\C/C=C\C/C=C\CCCCCCC)OC(=O)CCCCCCCCCCC/C=C\C/C=C\CCCCCCC. The van der Waals surface area contributed by atoms with Crippen LogP contribution >= 0.6 is 0 Å². The topological polar surface area (TPSA) is 78.9 Å². The standard InChI is InChI=1S/C75H134O6/c1-4-7-10-13-16-19-22-24-26-28-30-32-33-34-35-36-37-38-39-40-41-43-44-46-48-50-53-56-59-62-65-68-74(77)80-71-72(70-79-73(76)67-64-61-58-55-52-21-18-15-12-9-6-3)81-75(78)69-66-63-60-57-54-51-49-47-45-42-31-29-27-25-23-20-17-14-11-8-5-2/h15,18,22-25,28-31,33-34,72H,4-14,16-17,19-21,26-27,32,35-71H2,1-3H3/b18-15-,24-22-,25-23-,30-28-,31-29-,34-33-. The van der Waals surface area contributed by atoms with Crippen molar-refractivity contribution in [2.45, 2.75) is 374 Å². The molecule has 0 saturated heterocycles. The average Bonchev–Trinajstić information content (AvgIpc) is 3.47. The lowest BCUT2D eigenvalue weighted by Gasteiger charge is -2.18. The monoisotopic (exact) mass is 1130 g/mol. The molecule has 0 bridgehead atoms. The van der Waals surface area contributed by atoms with Crippen molar-refractivity contribution in [2.24, 2.45) is 0 Å². The van der Waals surface area contributed by atoms with E-state index in [4.69, 9.17) is 14.2 Å². The van der Waals surface area contributed by atoms with E-state index < -0.39 is 6.10 Å². The molecule has 0 spiro atoms. The van der Waals surface area contributed by atoms with Gasteiger partial charge in [0.25, 0.3) is 0 Å². The van der Waals surface area contributed by atoms with Gasteiger partial charge in [-0.05, 0) is 109 Å². The van der Waals surface area contributed by atoms with Crippen LogP contribution in [0.3, 0.4) is 0 Å². The fraction of sp³-hybridized carbons (Fsp3) is 0.800. The number of unbranched alkanes of at least 4 members (excludes halogenated alkanes) is 42. The molecule has 6 nitrogen and oxygen atoms in total. The summed E-state index contributed by atoms with van der Waals surface area (Å²) in [6, 6.07) is 0. The zero-order valence-electron chi connectivity index (χ0n) is 54.1. The number of allylic oxidation sites excluding steroid dienone is 12. The molecule has 0 saturated carbocycles. The number of esters is 3. The van der Waals surface area contributed by atoms with Crippen molar-refractivity contribution in [3.8, 4) is 0 Å². The Morgan fingerprint density at radius 1 is 0.247 bits per heavy atom. The van der Waals surface area contributed by atoms with Gasteiger partial charge in [0.15, 0.2) is 6.10 Å². The lowest BCUT2D eigenvalue weighted by Crippen LogP contribution is -2.30. The third-order valence-corrected chi connectivity index (χ3v) is 15.7. The molecule has 0 aromatic carbocycles. The van der Waals surface area contributed by atoms with Gasteiger partial charge >= 0.3 is 17.9 Å². The van der Waals surface area contributed by atoms with E-state index in [0.29, 0.717) is 19.3 Å². The molecule has 0 aliphatic carbocycles. The van der Waals surface area contributed by atoms with Crippen molar-refractivity contribution in [3.63, 3.8) is 0 Å². The summed E-state index contributed by atoms with van der Waals surface area (Å²) in [4.78, 5) is 38.3. The quantitative estimate of drug-likeness (QED) is 0.0261. The molecule has 81 heavy (non-hydrogen) atoms. The summed E-state index contributed by atoms with van der Waals surface area (Å²) < 4.78 is 16.9. The van der Waals surface area contributed by atoms with Gasteiger partial charge in [-0.25, -0.2) is 0 Å². The number of carbonyl (C=O) groups is 3. The highest BCUT2D eigenvalue weighted by Crippen LogP contribution is 2.17. The highest BCUT2D eigenvalue weighted by atomic mass is 16.6. The number of carbonyl (C=O) groups excluding carboxylic acids is 3. The molecule has 0 radical (unpaired) electrons. The van der Waals surface area contributed by atoms with Gasteiger partial charge in [-0.2, -0.15) is 0 Å². The molecule has 0 aliphatic rings. The summed E-state index contributed by atoms with van der Waals surface area (Å²) in [5.41, 5.74) is 0. The number of hydrogen-bond donors (Lipinski definition) is 0. The Morgan fingerprint density at radius 3 is 0.741 bits per heavy atom. The van der Waals surface area contributed by atoms with E-state index >= 15 is 0 Å². The summed E-state index contributed by atoms with van der Waals surface area (Å²) >= 11 is 0. The Bertz CT molecular complexity index is 1490. The number of hydrogen-bond acceptors (Lipinski definition) is 6. The Morgan fingerprint density at radius 2 is 0.457 bits per heavy atom. The first kappa shape index (κ1) is 77.9. The molecule has 0 rings (SSSR count). The van der Waals surface area contributed by atoms with Gasteiger partial charge in [0.1, 0.15) is 13.2 Å². The van der Waals surface area contributed by atoms with Crippen LogP contribution in [0, 0.1) is 0 Å². The lowest BCUT2D eigenvalue weighted by molar-refractivity contribution is -0.167. The van der Waals surface area contributed by atoms with E-state index in [2.05, 4.69) is 93.7 Å². The first-order valence-electron chi connectivity index (χ1n) is 35.4. The van der Waals surface area contributed by atoms with Gasteiger partial charge in [0, 0.05) is 19.3 Å². The predicted octanol–water partition coefficient (Wildman–Crippen LogP) is 24.4. The van der Waals surface area contributed by atoms with Gasteiger partial charge in [0.2, 0.25) is 0 Å². The Hall–Kier alpha value is -3.15. The van der Waals surface area contributed by atoms with E-state index in [1.165, 1.54) is 244 Å². The van der Waals surface area contributed by atoms with Crippen LogP contribution in [-0.4, -0.2) is 37.2 Å². The van der Waals surface area contributed by atoms with Crippen molar-refractivity contribution >= 4 is 17.9 Å². The third kappa shape index (κ3) is 67.5. The molecule has 1 atom stereocenters. The maximum atomic E-state index is 12.9. The fourth-order valence-corrected chi connectivity index (χ4v) is 10.3. The molecule has 0 aromatic rings. The second-order valence-corrected chi connectivity index (χ2v) is 23.8. The van der Waals surface area contributed by atoms with Crippen LogP contribution in [0.2, 0.25) is 0 Å². The molecule has 1 unspecified atom stereocenters. The minimum atomic E-state index is -0.781. The minimum absolute atomic E-state index is 0.0769. The van der Waals surface area contributed by atoms with E-state index in [1.807, 2.05) is 0 Å². The van der Waals surface area contributed by atoms with E-state index in [0.717, 1.165) is 83.5 Å². The molecule has 6 heteroatoms. The van der Waals surface area contributed by atoms with Crippen LogP contribution in [0.4, 0.5) is 0 Å². The fourth-order valence-electron chi connectivity index (χ4n) is 10.3. The van der Waals surface area contributed by atoms with Gasteiger partial charge in [-0.3, -0.25) is 14.4 Å². The van der Waals surface area contributed by atoms with Crippen LogP contribution in [0.25, 0.3) is 0 Å². The smallest absolute Gasteiger partial charge is 0.306 e. The summed E-state index contributed by atoms with van der Waals surface area (Å²) in [5.74, 6) is -0.873. The van der Waals surface area contributed by atoms with Crippen molar-refractivity contribution in [3.05, 3.63) is 72.9 Å². The van der Waals surface area contributed by atoms with Crippen molar-refractivity contribution in [2.75, 3.05) is 13.2 Å². The molecule has 0 aromatic heterocycles. The highest BCUT2D eigenvalue weighted by molar-refractivity contribution is 5.71. The Labute approximate surface area is 503 Å². The average molecular weight is 1130 g/mol.